The molecule has 1 aliphatic heterocycles. The fourth-order valence-electron chi connectivity index (χ4n) is 2.86. The molecule has 4 rings (SSSR count). The van der Waals surface area contributed by atoms with Crippen LogP contribution >= 0.6 is 11.3 Å². The molecule has 0 saturated heterocycles. The molecule has 0 aliphatic carbocycles. The Kier molecular flexibility index (Phi) is 4.45. The predicted octanol–water partition coefficient (Wildman–Crippen LogP) is 2.99. The minimum atomic E-state index is -0.212. The van der Waals surface area contributed by atoms with Crippen LogP contribution in [0.25, 0.3) is 0 Å². The second-order valence-electron chi connectivity index (χ2n) is 5.92. The number of aromatic nitrogens is 2. The maximum absolute atomic E-state index is 12.6. The van der Waals surface area contributed by atoms with Gasteiger partial charge in [0.05, 0.1) is 12.2 Å². The second kappa shape index (κ2) is 7.05. The average molecular weight is 364 g/mol. The van der Waals surface area contributed by atoms with E-state index in [0.717, 1.165) is 10.6 Å². The van der Waals surface area contributed by atoms with Crippen LogP contribution in [0.15, 0.2) is 54.9 Å². The van der Waals surface area contributed by atoms with Crippen LogP contribution in [0.5, 0.6) is 0 Å². The van der Waals surface area contributed by atoms with Crippen LogP contribution < -0.4 is 5.32 Å². The Morgan fingerprint density at radius 2 is 1.81 bits per heavy atom. The minimum Gasteiger partial charge on any atom is -0.333 e. The summed E-state index contributed by atoms with van der Waals surface area (Å²) in [6.07, 6.45) is 3.85. The van der Waals surface area contributed by atoms with Crippen LogP contribution in [0.3, 0.4) is 0 Å². The van der Waals surface area contributed by atoms with Gasteiger partial charge in [0.2, 0.25) is 0 Å². The number of nitrogens with one attached hydrogen (secondary N) is 1. The number of nitrogens with zero attached hydrogens (tertiary/aromatic N) is 3. The van der Waals surface area contributed by atoms with E-state index in [9.17, 15) is 9.59 Å². The van der Waals surface area contributed by atoms with E-state index in [2.05, 4.69) is 15.3 Å². The van der Waals surface area contributed by atoms with Gasteiger partial charge in [0.1, 0.15) is 0 Å². The molecule has 7 heteroatoms. The highest BCUT2D eigenvalue weighted by Crippen LogP contribution is 2.29. The highest BCUT2D eigenvalue weighted by Gasteiger charge is 2.25. The Hall–Kier alpha value is -3.06. The number of pyridine rings is 1. The number of carbonyl (C=O) groups is 2. The van der Waals surface area contributed by atoms with Crippen LogP contribution in [-0.2, 0) is 13.0 Å². The molecule has 26 heavy (non-hydrogen) atoms. The molecule has 0 saturated carbocycles. The lowest BCUT2D eigenvalue weighted by Gasteiger charge is -2.26. The van der Waals surface area contributed by atoms with Gasteiger partial charge in [-0.15, -0.1) is 0 Å². The Bertz CT molecular complexity index is 941. The van der Waals surface area contributed by atoms with Gasteiger partial charge in [0.15, 0.2) is 5.13 Å². The largest absolute Gasteiger partial charge is 0.333 e. The topological polar surface area (TPSA) is 75.2 Å². The van der Waals surface area contributed by atoms with E-state index in [1.54, 1.807) is 24.5 Å². The molecule has 3 aromatic rings. The lowest BCUT2D eigenvalue weighted by atomic mass is 10.1. The molecule has 2 amide bonds. The Morgan fingerprint density at radius 3 is 2.58 bits per heavy atom. The molecule has 2 aromatic heterocycles. The lowest BCUT2D eigenvalue weighted by Crippen LogP contribution is -2.35. The summed E-state index contributed by atoms with van der Waals surface area (Å²) in [4.78, 5) is 36.1. The number of hydrogen-bond donors (Lipinski definition) is 1. The maximum Gasteiger partial charge on any atom is 0.257 e. The summed E-state index contributed by atoms with van der Waals surface area (Å²) < 4.78 is 0. The number of rotatable bonds is 3. The monoisotopic (exact) mass is 364 g/mol. The number of amides is 2. The third kappa shape index (κ3) is 3.34. The van der Waals surface area contributed by atoms with E-state index in [1.807, 2.05) is 35.2 Å². The second-order valence-corrected chi connectivity index (χ2v) is 7.01. The Balaban J connectivity index is 1.47. The fraction of sp³-hybridized carbons (Fsp3) is 0.158. The summed E-state index contributed by atoms with van der Waals surface area (Å²) in [7, 11) is 0. The summed E-state index contributed by atoms with van der Waals surface area (Å²) in [5.41, 5.74) is 2.18. The SMILES string of the molecule is O=C(Nc1nc2c(s1)CN(C(=O)c1ccccc1)CC2)c1ccncc1. The summed E-state index contributed by atoms with van der Waals surface area (Å²) >= 11 is 1.42. The fourth-order valence-corrected chi connectivity index (χ4v) is 3.88. The van der Waals surface area contributed by atoms with Gasteiger partial charge in [-0.2, -0.15) is 0 Å². The molecule has 1 N–H and O–H groups in total. The quantitative estimate of drug-likeness (QED) is 0.775. The number of anilines is 1. The van der Waals surface area contributed by atoms with Crippen LogP contribution in [0.4, 0.5) is 5.13 Å². The summed E-state index contributed by atoms with van der Waals surface area (Å²) in [5, 5.41) is 3.39. The van der Waals surface area contributed by atoms with E-state index in [1.165, 1.54) is 11.3 Å². The highest BCUT2D eigenvalue weighted by atomic mass is 32.1. The van der Waals surface area contributed by atoms with Gasteiger partial charge in [-0.1, -0.05) is 29.5 Å². The number of fused-ring (bicyclic) bond motifs is 1. The standard InChI is InChI=1S/C19H16N4O2S/c24-17(13-6-9-20-10-7-13)22-19-21-15-8-11-23(12-16(15)26-19)18(25)14-4-2-1-3-5-14/h1-7,9-10H,8,11-12H2,(H,21,22,24). The highest BCUT2D eigenvalue weighted by molar-refractivity contribution is 7.15. The molecule has 6 nitrogen and oxygen atoms in total. The molecule has 0 fully saturated rings. The van der Waals surface area contributed by atoms with Crippen molar-refractivity contribution in [3.8, 4) is 0 Å². The van der Waals surface area contributed by atoms with Gasteiger partial charge in [-0.05, 0) is 24.3 Å². The zero-order chi connectivity index (χ0) is 17.9. The molecule has 0 unspecified atom stereocenters. The van der Waals surface area contributed by atoms with Gasteiger partial charge in [0.25, 0.3) is 11.8 Å². The van der Waals surface area contributed by atoms with Crippen molar-refractivity contribution < 1.29 is 9.59 Å². The first kappa shape index (κ1) is 16.4. The zero-order valence-corrected chi connectivity index (χ0v) is 14.7. The molecule has 0 spiro atoms. The van der Waals surface area contributed by atoms with Crippen molar-refractivity contribution in [2.45, 2.75) is 13.0 Å². The molecule has 130 valence electrons. The molecule has 0 atom stereocenters. The van der Waals surface area contributed by atoms with Crippen molar-refractivity contribution in [3.05, 3.63) is 76.6 Å². The molecule has 3 heterocycles. The number of benzene rings is 1. The molecule has 1 aromatic carbocycles. The Labute approximate surface area is 154 Å². The molecule has 0 radical (unpaired) electrons. The molecular formula is C19H16N4O2S. The minimum absolute atomic E-state index is 0.0204. The summed E-state index contributed by atoms with van der Waals surface area (Å²) in [6, 6.07) is 12.6. The van der Waals surface area contributed by atoms with E-state index in [0.29, 0.717) is 35.8 Å². The molecule has 0 bridgehead atoms. The number of hydrogen-bond acceptors (Lipinski definition) is 5. The van der Waals surface area contributed by atoms with E-state index in [-0.39, 0.29) is 11.8 Å². The zero-order valence-electron chi connectivity index (χ0n) is 13.9. The third-order valence-corrected chi connectivity index (χ3v) is 5.20. The first-order chi connectivity index (χ1) is 12.7. The van der Waals surface area contributed by atoms with Crippen molar-refractivity contribution in [2.24, 2.45) is 0 Å². The van der Waals surface area contributed by atoms with Gasteiger partial charge < -0.3 is 4.90 Å². The van der Waals surface area contributed by atoms with Crippen LogP contribution in [0, 0.1) is 0 Å². The van der Waals surface area contributed by atoms with Crippen LogP contribution in [0.1, 0.15) is 31.3 Å². The normalized spacial score (nSPS) is 13.2. The Morgan fingerprint density at radius 1 is 1.04 bits per heavy atom. The van der Waals surface area contributed by atoms with Crippen molar-refractivity contribution in [3.63, 3.8) is 0 Å². The van der Waals surface area contributed by atoms with Crippen molar-refractivity contribution in [1.29, 1.82) is 0 Å². The maximum atomic E-state index is 12.6. The van der Waals surface area contributed by atoms with Crippen LogP contribution in [-0.4, -0.2) is 33.2 Å². The first-order valence-electron chi connectivity index (χ1n) is 8.25. The lowest BCUT2D eigenvalue weighted by molar-refractivity contribution is 0.0736. The van der Waals surface area contributed by atoms with Gasteiger partial charge in [-0.25, -0.2) is 4.98 Å². The number of thiazole rings is 1. The third-order valence-electron chi connectivity index (χ3n) is 4.20. The first-order valence-corrected chi connectivity index (χ1v) is 9.06. The molecular weight excluding hydrogens is 348 g/mol. The average Bonchev–Trinajstić information content (AvgIpc) is 3.10. The predicted molar refractivity (Wildman–Crippen MR) is 99.2 cm³/mol. The van der Waals surface area contributed by atoms with E-state index in [4.69, 9.17) is 0 Å². The van der Waals surface area contributed by atoms with Crippen molar-refractivity contribution in [2.75, 3.05) is 11.9 Å². The number of carbonyl (C=O) groups excluding carboxylic acids is 2. The van der Waals surface area contributed by atoms with Crippen LogP contribution in [0.2, 0.25) is 0 Å². The van der Waals surface area contributed by atoms with E-state index < -0.39 is 0 Å². The van der Waals surface area contributed by atoms with Crippen molar-refractivity contribution in [1.82, 2.24) is 14.9 Å². The summed E-state index contributed by atoms with van der Waals surface area (Å²) in [5.74, 6) is -0.192. The van der Waals surface area contributed by atoms with E-state index >= 15 is 0 Å². The van der Waals surface area contributed by atoms with Gasteiger partial charge >= 0.3 is 0 Å². The molecule has 1 aliphatic rings. The van der Waals surface area contributed by atoms with Crippen molar-refractivity contribution >= 4 is 28.3 Å². The smallest absolute Gasteiger partial charge is 0.257 e. The van der Waals surface area contributed by atoms with Gasteiger partial charge in [0, 0.05) is 41.4 Å². The van der Waals surface area contributed by atoms with Gasteiger partial charge in [-0.3, -0.25) is 19.9 Å². The summed E-state index contributed by atoms with van der Waals surface area (Å²) in [6.45, 7) is 1.15.